The van der Waals surface area contributed by atoms with Crippen molar-refractivity contribution in [2.45, 2.75) is 130 Å². The molecule has 5 heteroatoms. The van der Waals surface area contributed by atoms with Crippen molar-refractivity contribution in [1.82, 2.24) is 4.90 Å². The van der Waals surface area contributed by atoms with Crippen molar-refractivity contribution in [3.05, 3.63) is 35.9 Å². The highest BCUT2D eigenvalue weighted by Crippen LogP contribution is 2.66. The summed E-state index contributed by atoms with van der Waals surface area (Å²) in [4.78, 5) is 2.50. The van der Waals surface area contributed by atoms with Crippen molar-refractivity contribution in [1.29, 1.82) is 0 Å². The third kappa shape index (κ3) is 8.68. The molecule has 0 saturated heterocycles. The summed E-state index contributed by atoms with van der Waals surface area (Å²) in [5.41, 5.74) is 13.8. The van der Waals surface area contributed by atoms with Crippen LogP contribution in [0.4, 0.5) is 0 Å². The lowest BCUT2D eigenvalue weighted by atomic mass is 9.48. The molecule has 4 rings (SSSR count). The number of rotatable bonds is 18. The van der Waals surface area contributed by atoms with Crippen molar-refractivity contribution >= 4 is 0 Å². The van der Waals surface area contributed by atoms with Crippen molar-refractivity contribution in [3.8, 4) is 0 Å². The van der Waals surface area contributed by atoms with Gasteiger partial charge in [-0.15, -0.1) is 0 Å². The second-order valence-electron chi connectivity index (χ2n) is 15.7. The van der Waals surface area contributed by atoms with Crippen LogP contribution >= 0.6 is 0 Å². The van der Waals surface area contributed by atoms with Crippen LogP contribution in [0.5, 0.6) is 0 Å². The standard InChI is InChI=1S/C39H69N3O2/c1-6-13-33-35-18-17-34(30(2)14-10-25-42(5)29-31-15-8-7-9-16-31)39(35,4)37(44-27-12-24-41)28-36(33)38(3)21-19-32(20-22-38)43-26-11-23-40/h7-9,15-16,30,32-37H,6,10-14,17-29,40-41H2,1-5H3/t30-,32?,33?,34-,35+,36+,37+,38?,39?/m1/s1. The average Bonchev–Trinajstić information content (AvgIpc) is 3.38. The molecule has 0 amide bonds. The van der Waals surface area contributed by atoms with Gasteiger partial charge >= 0.3 is 0 Å². The first-order valence-corrected chi connectivity index (χ1v) is 18.6. The zero-order valence-corrected chi connectivity index (χ0v) is 29.3. The van der Waals surface area contributed by atoms with Crippen LogP contribution in [0.25, 0.3) is 0 Å². The molecule has 3 fully saturated rings. The van der Waals surface area contributed by atoms with E-state index >= 15 is 0 Å². The first kappa shape index (κ1) is 35.9. The van der Waals surface area contributed by atoms with Crippen molar-refractivity contribution in [3.63, 3.8) is 0 Å². The van der Waals surface area contributed by atoms with Crippen LogP contribution in [-0.2, 0) is 16.0 Å². The molecule has 2 unspecified atom stereocenters. The molecule has 3 aliphatic carbocycles. The van der Waals surface area contributed by atoms with E-state index in [2.05, 4.69) is 70.0 Å². The van der Waals surface area contributed by atoms with Crippen LogP contribution in [0, 0.1) is 40.4 Å². The number of fused-ring (bicyclic) bond motifs is 1. The van der Waals surface area contributed by atoms with E-state index in [1.54, 1.807) is 0 Å². The van der Waals surface area contributed by atoms with Gasteiger partial charge in [0.1, 0.15) is 0 Å². The molecule has 0 aliphatic heterocycles. The van der Waals surface area contributed by atoms with Crippen molar-refractivity contribution < 1.29 is 9.47 Å². The summed E-state index contributed by atoms with van der Waals surface area (Å²) in [6.45, 7) is 15.6. The third-order valence-corrected chi connectivity index (χ3v) is 12.7. The molecule has 44 heavy (non-hydrogen) atoms. The molecule has 0 radical (unpaired) electrons. The summed E-state index contributed by atoms with van der Waals surface area (Å²) >= 11 is 0. The van der Waals surface area contributed by atoms with E-state index in [-0.39, 0.29) is 5.41 Å². The predicted molar refractivity (Wildman–Crippen MR) is 185 cm³/mol. The first-order valence-electron chi connectivity index (χ1n) is 18.6. The predicted octanol–water partition coefficient (Wildman–Crippen LogP) is 8.05. The molecule has 7 atom stereocenters. The van der Waals surface area contributed by atoms with Gasteiger partial charge in [-0.1, -0.05) is 70.9 Å². The Labute approximate surface area is 271 Å². The Morgan fingerprint density at radius 2 is 1.59 bits per heavy atom. The molecule has 1 aromatic carbocycles. The minimum Gasteiger partial charge on any atom is -0.378 e. The molecular weight excluding hydrogens is 542 g/mol. The fourth-order valence-electron chi connectivity index (χ4n) is 10.3. The Morgan fingerprint density at radius 1 is 0.909 bits per heavy atom. The van der Waals surface area contributed by atoms with Crippen LogP contribution in [0.3, 0.4) is 0 Å². The highest BCUT2D eigenvalue weighted by Gasteiger charge is 2.61. The normalized spacial score (nSPS) is 34.7. The summed E-state index contributed by atoms with van der Waals surface area (Å²) in [6.07, 6.45) is 17.0. The molecule has 1 aromatic rings. The maximum atomic E-state index is 6.98. The molecule has 0 bridgehead atoms. The van der Waals surface area contributed by atoms with Crippen LogP contribution in [-0.4, -0.2) is 57.0 Å². The fraction of sp³-hybridized carbons (Fsp3) is 0.846. The van der Waals surface area contributed by atoms with E-state index in [0.29, 0.717) is 24.2 Å². The monoisotopic (exact) mass is 612 g/mol. The van der Waals surface area contributed by atoms with Crippen molar-refractivity contribution in [2.24, 2.45) is 51.9 Å². The zero-order chi connectivity index (χ0) is 31.6. The van der Waals surface area contributed by atoms with Gasteiger partial charge in [0.25, 0.3) is 0 Å². The van der Waals surface area contributed by atoms with Crippen LogP contribution < -0.4 is 11.5 Å². The highest BCUT2D eigenvalue weighted by atomic mass is 16.5. The van der Waals surface area contributed by atoms with Gasteiger partial charge in [-0.2, -0.15) is 0 Å². The second kappa shape index (κ2) is 17.3. The number of ether oxygens (including phenoxy) is 2. The van der Waals surface area contributed by atoms with E-state index in [0.717, 1.165) is 68.7 Å². The van der Waals surface area contributed by atoms with Gasteiger partial charge in [0.15, 0.2) is 0 Å². The quantitative estimate of drug-likeness (QED) is 0.164. The Hall–Kier alpha value is -0.980. The van der Waals surface area contributed by atoms with Crippen LogP contribution in [0.2, 0.25) is 0 Å². The molecule has 0 aromatic heterocycles. The maximum Gasteiger partial charge on any atom is 0.0637 e. The van der Waals surface area contributed by atoms with E-state index in [1.807, 2.05) is 0 Å². The lowest BCUT2D eigenvalue weighted by Crippen LogP contribution is -2.56. The minimum atomic E-state index is 0.263. The number of benzene rings is 1. The van der Waals surface area contributed by atoms with Gasteiger partial charge in [-0.05, 0) is 143 Å². The molecule has 4 N–H and O–H groups in total. The summed E-state index contributed by atoms with van der Waals surface area (Å²) < 4.78 is 13.2. The summed E-state index contributed by atoms with van der Waals surface area (Å²) in [5.74, 6) is 3.80. The van der Waals surface area contributed by atoms with Gasteiger partial charge in [0.05, 0.1) is 12.2 Å². The Balaban J connectivity index is 1.45. The third-order valence-electron chi connectivity index (χ3n) is 12.7. The summed E-state index contributed by atoms with van der Waals surface area (Å²) in [5, 5.41) is 0. The number of nitrogens with zero attached hydrogens (tertiary/aromatic N) is 1. The largest absolute Gasteiger partial charge is 0.378 e. The summed E-state index contributed by atoms with van der Waals surface area (Å²) in [7, 11) is 2.28. The average molecular weight is 612 g/mol. The smallest absolute Gasteiger partial charge is 0.0637 e. The Kier molecular flexibility index (Phi) is 14.1. The molecule has 5 nitrogen and oxygen atoms in total. The van der Waals surface area contributed by atoms with Gasteiger partial charge in [0, 0.05) is 19.8 Å². The molecule has 0 heterocycles. The first-order chi connectivity index (χ1) is 21.3. The van der Waals surface area contributed by atoms with Gasteiger partial charge in [-0.3, -0.25) is 0 Å². The van der Waals surface area contributed by atoms with E-state index < -0.39 is 0 Å². The van der Waals surface area contributed by atoms with E-state index in [1.165, 1.54) is 82.7 Å². The van der Waals surface area contributed by atoms with E-state index in [9.17, 15) is 0 Å². The van der Waals surface area contributed by atoms with Gasteiger partial charge in [0.2, 0.25) is 0 Å². The number of hydrogen-bond donors (Lipinski definition) is 2. The summed E-state index contributed by atoms with van der Waals surface area (Å²) in [6, 6.07) is 10.9. The number of hydrogen-bond acceptors (Lipinski definition) is 5. The lowest BCUT2D eigenvalue weighted by Gasteiger charge is -2.59. The highest BCUT2D eigenvalue weighted by molar-refractivity contribution is 5.14. The number of nitrogens with two attached hydrogens (primary N) is 2. The van der Waals surface area contributed by atoms with Crippen LogP contribution in [0.1, 0.15) is 117 Å². The Bertz CT molecular complexity index is 935. The second-order valence-corrected chi connectivity index (χ2v) is 15.7. The zero-order valence-electron chi connectivity index (χ0n) is 29.3. The van der Waals surface area contributed by atoms with Crippen LogP contribution in [0.15, 0.2) is 30.3 Å². The molecule has 252 valence electrons. The molecular formula is C39H69N3O2. The maximum absolute atomic E-state index is 6.98. The Morgan fingerprint density at radius 3 is 2.25 bits per heavy atom. The van der Waals surface area contributed by atoms with Gasteiger partial charge in [-0.25, -0.2) is 0 Å². The SMILES string of the molecule is CCCC1[C@@H](C2(C)CCC(OCCCN)CC2)C[C@H](OCCCN)C2(C)[C@@H]([C@H](C)CCCN(C)Cc3ccccc3)CC[C@@H]12. The fourth-order valence-corrected chi connectivity index (χ4v) is 10.3. The molecule has 3 saturated carbocycles. The minimum absolute atomic E-state index is 0.263. The van der Waals surface area contributed by atoms with Crippen molar-refractivity contribution in [2.75, 3.05) is 39.9 Å². The van der Waals surface area contributed by atoms with E-state index in [4.69, 9.17) is 20.9 Å². The van der Waals surface area contributed by atoms with Gasteiger partial charge < -0.3 is 25.8 Å². The molecule has 3 aliphatic rings. The topological polar surface area (TPSA) is 73.7 Å². The lowest BCUT2D eigenvalue weighted by molar-refractivity contribution is -0.167. The molecule has 0 spiro atoms.